The van der Waals surface area contributed by atoms with Gasteiger partial charge < -0.3 is 10.0 Å². The van der Waals surface area contributed by atoms with E-state index in [2.05, 4.69) is 9.82 Å². The van der Waals surface area contributed by atoms with Gasteiger partial charge in [-0.25, -0.2) is 8.42 Å². The van der Waals surface area contributed by atoms with E-state index in [0.29, 0.717) is 30.9 Å². The number of aryl methyl sites for hydroxylation is 2. The van der Waals surface area contributed by atoms with E-state index >= 15 is 0 Å². The normalized spacial score (nSPS) is 16.9. The van der Waals surface area contributed by atoms with Crippen molar-refractivity contribution in [3.8, 4) is 0 Å². The third-order valence-corrected chi connectivity index (χ3v) is 7.45. The van der Waals surface area contributed by atoms with E-state index in [1.807, 2.05) is 35.2 Å². The lowest BCUT2D eigenvalue weighted by atomic mass is 10.1. The molecule has 8 nitrogen and oxygen atoms in total. The van der Waals surface area contributed by atoms with Gasteiger partial charge >= 0.3 is 5.97 Å². The van der Waals surface area contributed by atoms with Gasteiger partial charge in [-0.15, -0.1) is 0 Å². The highest BCUT2D eigenvalue weighted by molar-refractivity contribution is 7.93. The summed E-state index contributed by atoms with van der Waals surface area (Å²) in [4.78, 5) is 13.3. The molecule has 4 rings (SSSR count). The standard InChI is InChI=1S/C20H21ClN4O4S/c1-12-18(19(21)24(2)22-12)30(28,29)23-16-7-8-17(15-6-4-3-5-14(15)16)25-10-9-13(11-25)20(26)27/h3-8,13,23H,9-11H2,1-2H3,(H,26,27). The van der Waals surface area contributed by atoms with E-state index in [0.717, 1.165) is 16.5 Å². The molecule has 1 atom stereocenters. The second-order valence-electron chi connectivity index (χ2n) is 7.38. The maximum Gasteiger partial charge on any atom is 0.308 e. The minimum absolute atomic E-state index is 0.0395. The molecular formula is C20H21ClN4O4S. The van der Waals surface area contributed by atoms with E-state index in [-0.39, 0.29) is 10.0 Å². The molecule has 1 aromatic heterocycles. The molecule has 2 aromatic carbocycles. The van der Waals surface area contributed by atoms with Gasteiger partial charge in [0, 0.05) is 36.6 Å². The molecule has 0 aliphatic carbocycles. The Labute approximate surface area is 179 Å². The van der Waals surface area contributed by atoms with Crippen LogP contribution in [0.5, 0.6) is 0 Å². The summed E-state index contributed by atoms with van der Waals surface area (Å²) in [5.74, 6) is -1.20. The van der Waals surface area contributed by atoms with Gasteiger partial charge in [0.15, 0.2) is 0 Å². The van der Waals surface area contributed by atoms with Crippen molar-refractivity contribution < 1.29 is 18.3 Å². The number of carbonyl (C=O) groups is 1. The largest absolute Gasteiger partial charge is 0.481 e. The van der Waals surface area contributed by atoms with Crippen LogP contribution in [0.25, 0.3) is 10.8 Å². The molecule has 0 amide bonds. The number of hydrogen-bond acceptors (Lipinski definition) is 5. The Hall–Kier alpha value is -2.78. The van der Waals surface area contributed by atoms with Crippen LogP contribution >= 0.6 is 11.6 Å². The van der Waals surface area contributed by atoms with E-state index in [9.17, 15) is 18.3 Å². The van der Waals surface area contributed by atoms with Crippen LogP contribution in [-0.4, -0.2) is 42.4 Å². The number of aromatic nitrogens is 2. The lowest BCUT2D eigenvalue weighted by Crippen LogP contribution is -2.23. The maximum atomic E-state index is 13.0. The van der Waals surface area contributed by atoms with E-state index in [4.69, 9.17) is 11.6 Å². The molecule has 30 heavy (non-hydrogen) atoms. The van der Waals surface area contributed by atoms with Gasteiger partial charge in [0.1, 0.15) is 10.0 Å². The van der Waals surface area contributed by atoms with Crippen LogP contribution in [0, 0.1) is 12.8 Å². The van der Waals surface area contributed by atoms with E-state index in [1.165, 1.54) is 4.68 Å². The SMILES string of the molecule is Cc1nn(C)c(Cl)c1S(=O)(=O)Nc1ccc(N2CCC(C(=O)O)C2)c2ccccc12. The number of benzene rings is 2. The average molecular weight is 449 g/mol. The molecule has 1 unspecified atom stereocenters. The summed E-state index contributed by atoms with van der Waals surface area (Å²) in [5, 5.41) is 15.0. The number of hydrogen-bond donors (Lipinski definition) is 2. The van der Waals surface area contributed by atoms with Crippen LogP contribution in [0.2, 0.25) is 5.15 Å². The Morgan fingerprint density at radius 2 is 1.93 bits per heavy atom. The Kier molecular flexibility index (Phi) is 5.11. The molecule has 10 heteroatoms. The summed E-state index contributed by atoms with van der Waals surface area (Å²) < 4.78 is 30.0. The Bertz CT molecular complexity index is 1260. The molecule has 0 bridgehead atoms. The van der Waals surface area contributed by atoms with Crippen LogP contribution in [0.4, 0.5) is 11.4 Å². The third kappa shape index (κ3) is 3.48. The van der Waals surface area contributed by atoms with E-state index in [1.54, 1.807) is 20.0 Å². The Balaban J connectivity index is 1.74. The predicted octanol–water partition coefficient (Wildman–Crippen LogP) is 3.25. The number of sulfonamides is 1. The predicted molar refractivity (Wildman–Crippen MR) is 116 cm³/mol. The average Bonchev–Trinajstić information content (AvgIpc) is 3.27. The molecular weight excluding hydrogens is 428 g/mol. The minimum Gasteiger partial charge on any atom is -0.481 e. The zero-order valence-electron chi connectivity index (χ0n) is 16.5. The van der Waals surface area contributed by atoms with Gasteiger partial charge in [0.05, 0.1) is 17.3 Å². The summed E-state index contributed by atoms with van der Waals surface area (Å²) in [5.41, 5.74) is 1.61. The van der Waals surface area contributed by atoms with Crippen molar-refractivity contribution >= 4 is 49.7 Å². The summed E-state index contributed by atoms with van der Waals surface area (Å²) in [6, 6.07) is 11.0. The summed E-state index contributed by atoms with van der Waals surface area (Å²) >= 11 is 6.16. The second kappa shape index (κ2) is 7.48. The number of carboxylic acids is 1. The molecule has 1 fully saturated rings. The van der Waals surface area contributed by atoms with Crippen molar-refractivity contribution in [3.63, 3.8) is 0 Å². The third-order valence-electron chi connectivity index (χ3n) is 5.39. The number of nitrogens with one attached hydrogen (secondary N) is 1. The van der Waals surface area contributed by atoms with Crippen molar-refractivity contribution in [2.75, 3.05) is 22.7 Å². The van der Waals surface area contributed by atoms with Gasteiger partial charge in [-0.2, -0.15) is 5.10 Å². The lowest BCUT2D eigenvalue weighted by Gasteiger charge is -2.22. The quantitative estimate of drug-likeness (QED) is 0.620. The number of fused-ring (bicyclic) bond motifs is 1. The molecule has 2 N–H and O–H groups in total. The highest BCUT2D eigenvalue weighted by atomic mass is 35.5. The maximum absolute atomic E-state index is 13.0. The van der Waals surface area contributed by atoms with Crippen molar-refractivity contribution in [3.05, 3.63) is 47.2 Å². The van der Waals surface area contributed by atoms with Crippen molar-refractivity contribution in [1.82, 2.24) is 9.78 Å². The molecule has 2 heterocycles. The molecule has 1 aliphatic heterocycles. The Morgan fingerprint density at radius 3 is 2.53 bits per heavy atom. The number of anilines is 2. The highest BCUT2D eigenvalue weighted by Gasteiger charge is 2.30. The van der Waals surface area contributed by atoms with Crippen molar-refractivity contribution in [2.45, 2.75) is 18.2 Å². The van der Waals surface area contributed by atoms with Gasteiger partial charge in [0.25, 0.3) is 10.0 Å². The molecule has 3 aromatic rings. The van der Waals surface area contributed by atoms with Crippen LogP contribution in [0.3, 0.4) is 0 Å². The number of carboxylic acid groups (broad SMARTS) is 1. The number of rotatable bonds is 5. The molecule has 0 radical (unpaired) electrons. The van der Waals surface area contributed by atoms with Crippen LogP contribution in [-0.2, 0) is 21.9 Å². The second-order valence-corrected chi connectivity index (χ2v) is 9.36. The topological polar surface area (TPSA) is 105 Å². The fraction of sp³-hybridized carbons (Fsp3) is 0.300. The lowest BCUT2D eigenvalue weighted by molar-refractivity contribution is -0.140. The first-order valence-electron chi connectivity index (χ1n) is 9.40. The van der Waals surface area contributed by atoms with Crippen LogP contribution in [0.1, 0.15) is 12.1 Å². The summed E-state index contributed by atoms with van der Waals surface area (Å²) in [6.07, 6.45) is 0.580. The first-order chi connectivity index (χ1) is 14.2. The van der Waals surface area contributed by atoms with Gasteiger partial charge in [-0.05, 0) is 25.5 Å². The van der Waals surface area contributed by atoms with Gasteiger partial charge in [-0.1, -0.05) is 35.9 Å². The molecule has 0 saturated carbocycles. The smallest absolute Gasteiger partial charge is 0.308 e. The first-order valence-corrected chi connectivity index (χ1v) is 11.3. The number of nitrogens with zero attached hydrogens (tertiary/aromatic N) is 3. The van der Waals surface area contributed by atoms with Crippen molar-refractivity contribution in [2.24, 2.45) is 13.0 Å². The fourth-order valence-corrected chi connectivity index (χ4v) is 5.77. The fourth-order valence-electron chi connectivity index (χ4n) is 3.94. The summed E-state index contributed by atoms with van der Waals surface area (Å²) in [6.45, 7) is 2.65. The van der Waals surface area contributed by atoms with E-state index < -0.39 is 21.9 Å². The number of aliphatic carboxylic acids is 1. The molecule has 1 saturated heterocycles. The van der Waals surface area contributed by atoms with Gasteiger partial charge in [-0.3, -0.25) is 14.2 Å². The number of halogens is 1. The van der Waals surface area contributed by atoms with Gasteiger partial charge in [0.2, 0.25) is 0 Å². The molecule has 0 spiro atoms. The zero-order valence-corrected chi connectivity index (χ0v) is 18.0. The van der Waals surface area contributed by atoms with Crippen LogP contribution < -0.4 is 9.62 Å². The molecule has 1 aliphatic rings. The molecule has 158 valence electrons. The minimum atomic E-state index is -3.95. The zero-order chi connectivity index (χ0) is 21.6. The Morgan fingerprint density at radius 1 is 1.23 bits per heavy atom. The van der Waals surface area contributed by atoms with Crippen molar-refractivity contribution in [1.29, 1.82) is 0 Å². The monoisotopic (exact) mass is 448 g/mol. The summed E-state index contributed by atoms with van der Waals surface area (Å²) in [7, 11) is -2.37. The first kappa shape index (κ1) is 20.5. The highest BCUT2D eigenvalue weighted by Crippen LogP contribution is 2.36. The van der Waals surface area contributed by atoms with Crippen LogP contribution in [0.15, 0.2) is 41.3 Å².